The van der Waals surface area contributed by atoms with Crippen LogP contribution in [0, 0.1) is 0 Å². The Morgan fingerprint density at radius 3 is 2.95 bits per heavy atom. The third-order valence-electron chi connectivity index (χ3n) is 3.88. The molecule has 1 atom stereocenters. The Morgan fingerprint density at radius 2 is 2.20 bits per heavy atom. The van der Waals surface area contributed by atoms with Crippen molar-refractivity contribution in [2.24, 2.45) is 0 Å². The first-order valence-electron chi connectivity index (χ1n) is 7.21. The van der Waals surface area contributed by atoms with E-state index in [9.17, 15) is 4.79 Å². The van der Waals surface area contributed by atoms with Crippen molar-refractivity contribution in [2.75, 3.05) is 26.5 Å². The molecule has 3 nitrogen and oxygen atoms in total. The normalized spacial score (nSPS) is 19.1. The molecule has 0 saturated carbocycles. The summed E-state index contributed by atoms with van der Waals surface area (Å²) in [6.07, 6.45) is 6.37. The van der Waals surface area contributed by atoms with E-state index in [-0.39, 0.29) is 5.91 Å². The van der Waals surface area contributed by atoms with Crippen molar-refractivity contribution < 1.29 is 9.53 Å². The smallest absolute Gasteiger partial charge is 0.255 e. The number of likely N-dealkylation sites (tertiary alicyclic amines) is 1. The van der Waals surface area contributed by atoms with E-state index in [1.165, 1.54) is 6.42 Å². The summed E-state index contributed by atoms with van der Waals surface area (Å²) in [4.78, 5) is 15.9. The van der Waals surface area contributed by atoms with Crippen molar-refractivity contribution >= 4 is 17.7 Å². The van der Waals surface area contributed by atoms with Gasteiger partial charge < -0.3 is 9.64 Å². The fraction of sp³-hybridized carbons (Fsp3) is 0.562. The highest BCUT2D eigenvalue weighted by atomic mass is 32.2. The fourth-order valence-electron chi connectivity index (χ4n) is 2.80. The first kappa shape index (κ1) is 15.4. The van der Waals surface area contributed by atoms with Gasteiger partial charge in [0, 0.05) is 31.2 Å². The lowest BCUT2D eigenvalue weighted by Crippen LogP contribution is -2.44. The van der Waals surface area contributed by atoms with Crippen LogP contribution < -0.4 is 0 Å². The lowest BCUT2D eigenvalue weighted by atomic mass is 9.98. The highest BCUT2D eigenvalue weighted by Crippen LogP contribution is 2.26. The summed E-state index contributed by atoms with van der Waals surface area (Å²) in [5.41, 5.74) is 0.837. The van der Waals surface area contributed by atoms with E-state index < -0.39 is 0 Å². The topological polar surface area (TPSA) is 29.5 Å². The van der Waals surface area contributed by atoms with E-state index in [0.29, 0.717) is 6.04 Å². The SMILES string of the molecule is COCC[C@@H]1CCCCN1C(=O)c1ccccc1SC. The largest absolute Gasteiger partial charge is 0.385 e. The van der Waals surface area contributed by atoms with Crippen molar-refractivity contribution in [3.8, 4) is 0 Å². The van der Waals surface area contributed by atoms with E-state index in [1.807, 2.05) is 30.5 Å². The number of nitrogens with zero attached hydrogens (tertiary/aromatic N) is 1. The van der Waals surface area contributed by atoms with Gasteiger partial charge in [-0.3, -0.25) is 4.79 Å². The molecule has 1 fully saturated rings. The Kier molecular flexibility index (Phi) is 5.92. The molecule has 20 heavy (non-hydrogen) atoms. The van der Waals surface area contributed by atoms with Crippen LogP contribution in [-0.2, 0) is 4.74 Å². The van der Waals surface area contributed by atoms with E-state index in [4.69, 9.17) is 4.74 Å². The van der Waals surface area contributed by atoms with Gasteiger partial charge in [0.25, 0.3) is 5.91 Å². The maximum atomic E-state index is 12.8. The van der Waals surface area contributed by atoms with Crippen LogP contribution in [0.3, 0.4) is 0 Å². The van der Waals surface area contributed by atoms with Gasteiger partial charge in [-0.05, 0) is 44.1 Å². The van der Waals surface area contributed by atoms with Crippen molar-refractivity contribution in [3.63, 3.8) is 0 Å². The number of methoxy groups -OCH3 is 1. The molecule has 2 rings (SSSR count). The minimum Gasteiger partial charge on any atom is -0.385 e. The summed E-state index contributed by atoms with van der Waals surface area (Å²) in [6.45, 7) is 1.59. The van der Waals surface area contributed by atoms with Crippen LogP contribution in [0.4, 0.5) is 0 Å². The summed E-state index contributed by atoms with van der Waals surface area (Å²) >= 11 is 1.63. The summed E-state index contributed by atoms with van der Waals surface area (Å²) in [6, 6.07) is 8.22. The number of benzene rings is 1. The summed E-state index contributed by atoms with van der Waals surface area (Å²) in [5, 5.41) is 0. The monoisotopic (exact) mass is 293 g/mol. The summed E-state index contributed by atoms with van der Waals surface area (Å²) in [7, 11) is 1.72. The predicted molar refractivity (Wildman–Crippen MR) is 83.4 cm³/mol. The van der Waals surface area contributed by atoms with Crippen molar-refractivity contribution in [1.82, 2.24) is 4.90 Å². The van der Waals surface area contributed by atoms with Crippen LogP contribution in [0.15, 0.2) is 29.2 Å². The number of carbonyl (C=O) groups excluding carboxylic acids is 1. The number of hydrogen-bond acceptors (Lipinski definition) is 3. The summed E-state index contributed by atoms with van der Waals surface area (Å²) in [5.74, 6) is 0.177. The van der Waals surface area contributed by atoms with Crippen molar-refractivity contribution in [1.29, 1.82) is 0 Å². The number of carbonyl (C=O) groups is 1. The van der Waals surface area contributed by atoms with Gasteiger partial charge in [0.15, 0.2) is 0 Å². The molecule has 0 spiro atoms. The Hall–Kier alpha value is -1.00. The number of hydrogen-bond donors (Lipinski definition) is 0. The van der Waals surface area contributed by atoms with Gasteiger partial charge in [-0.1, -0.05) is 12.1 Å². The van der Waals surface area contributed by atoms with Gasteiger partial charge in [0.2, 0.25) is 0 Å². The molecule has 1 aromatic rings. The van der Waals surface area contributed by atoms with Crippen LogP contribution in [-0.4, -0.2) is 43.4 Å². The average Bonchev–Trinajstić information content (AvgIpc) is 2.52. The first-order valence-corrected chi connectivity index (χ1v) is 8.43. The molecule has 0 N–H and O–H groups in total. The van der Waals surface area contributed by atoms with Gasteiger partial charge >= 0.3 is 0 Å². The Morgan fingerprint density at radius 1 is 1.40 bits per heavy atom. The molecule has 1 amide bonds. The van der Waals surface area contributed by atoms with Crippen LogP contribution >= 0.6 is 11.8 Å². The average molecular weight is 293 g/mol. The highest BCUT2D eigenvalue weighted by molar-refractivity contribution is 7.98. The van der Waals surface area contributed by atoms with E-state index in [2.05, 4.69) is 4.90 Å². The molecular formula is C16H23NO2S. The zero-order valence-electron chi connectivity index (χ0n) is 12.3. The molecule has 110 valence electrons. The number of rotatable bonds is 5. The van der Waals surface area contributed by atoms with E-state index in [1.54, 1.807) is 18.9 Å². The highest BCUT2D eigenvalue weighted by Gasteiger charge is 2.28. The lowest BCUT2D eigenvalue weighted by Gasteiger charge is -2.36. The summed E-state index contributed by atoms with van der Waals surface area (Å²) < 4.78 is 5.18. The van der Waals surface area contributed by atoms with Gasteiger partial charge in [-0.15, -0.1) is 11.8 Å². The second kappa shape index (κ2) is 7.70. The molecule has 0 unspecified atom stereocenters. The molecule has 1 heterocycles. The third kappa shape index (κ3) is 3.55. The number of ether oxygens (including phenoxy) is 1. The number of thioether (sulfide) groups is 1. The van der Waals surface area contributed by atoms with E-state index in [0.717, 1.165) is 42.9 Å². The molecule has 1 aromatic carbocycles. The van der Waals surface area contributed by atoms with Crippen LogP contribution in [0.25, 0.3) is 0 Å². The Balaban J connectivity index is 2.16. The number of piperidine rings is 1. The van der Waals surface area contributed by atoms with Gasteiger partial charge in [-0.25, -0.2) is 0 Å². The van der Waals surface area contributed by atoms with Crippen molar-refractivity contribution in [2.45, 2.75) is 36.6 Å². The molecule has 0 aromatic heterocycles. The zero-order valence-corrected chi connectivity index (χ0v) is 13.1. The standard InChI is InChI=1S/C16H23NO2S/c1-19-12-10-13-7-5-6-11-17(13)16(18)14-8-3-4-9-15(14)20-2/h3-4,8-9,13H,5-7,10-12H2,1-2H3/t13-/m0/s1. The van der Waals surface area contributed by atoms with Crippen molar-refractivity contribution in [3.05, 3.63) is 29.8 Å². The molecule has 0 bridgehead atoms. The molecular weight excluding hydrogens is 270 g/mol. The molecule has 4 heteroatoms. The molecule has 1 saturated heterocycles. The third-order valence-corrected chi connectivity index (χ3v) is 4.68. The Bertz CT molecular complexity index is 450. The molecule has 0 radical (unpaired) electrons. The predicted octanol–water partition coefficient (Wildman–Crippen LogP) is 3.44. The molecule has 1 aliphatic heterocycles. The maximum Gasteiger partial charge on any atom is 0.255 e. The lowest BCUT2D eigenvalue weighted by molar-refractivity contribution is 0.0549. The number of amides is 1. The zero-order chi connectivity index (χ0) is 14.4. The van der Waals surface area contributed by atoms with E-state index >= 15 is 0 Å². The quantitative estimate of drug-likeness (QED) is 0.779. The van der Waals surface area contributed by atoms with Gasteiger partial charge in [0.1, 0.15) is 0 Å². The first-order chi connectivity index (χ1) is 9.77. The fourth-order valence-corrected chi connectivity index (χ4v) is 3.39. The minimum absolute atomic E-state index is 0.177. The van der Waals surface area contributed by atoms with Crippen LogP contribution in [0.5, 0.6) is 0 Å². The maximum absolute atomic E-state index is 12.8. The Labute approximate surface area is 125 Å². The minimum atomic E-state index is 0.177. The second-order valence-corrected chi connectivity index (χ2v) is 5.98. The van der Waals surface area contributed by atoms with Gasteiger partial charge in [-0.2, -0.15) is 0 Å². The van der Waals surface area contributed by atoms with Gasteiger partial charge in [0.05, 0.1) is 5.56 Å². The molecule has 0 aliphatic carbocycles. The molecule has 1 aliphatic rings. The van der Waals surface area contributed by atoms with Crippen LogP contribution in [0.1, 0.15) is 36.0 Å². The van der Waals surface area contributed by atoms with Crippen LogP contribution in [0.2, 0.25) is 0 Å². The second-order valence-electron chi connectivity index (χ2n) is 5.13.